The Morgan fingerprint density at radius 2 is 1.87 bits per heavy atom. The van der Waals surface area contributed by atoms with E-state index in [0.717, 1.165) is 6.20 Å². The van der Waals surface area contributed by atoms with Crippen molar-refractivity contribution in [3.8, 4) is 0 Å². The highest BCUT2D eigenvalue weighted by Gasteiger charge is 2.17. The van der Waals surface area contributed by atoms with Gasteiger partial charge in [0.2, 0.25) is 0 Å². The standard InChI is InChI=1S/C9H4ClF3N2/c10-7-5(14)2-15-9-4(12)1-3(11)8(13)6(7)9/h1-2H,14H2. The maximum absolute atomic E-state index is 13.3. The molecule has 0 saturated carbocycles. The average molecular weight is 233 g/mol. The summed E-state index contributed by atoms with van der Waals surface area (Å²) in [6.45, 7) is 0. The van der Waals surface area contributed by atoms with Gasteiger partial charge >= 0.3 is 0 Å². The van der Waals surface area contributed by atoms with E-state index < -0.39 is 22.8 Å². The third kappa shape index (κ3) is 1.39. The van der Waals surface area contributed by atoms with E-state index in [2.05, 4.69) is 4.98 Å². The number of anilines is 1. The van der Waals surface area contributed by atoms with Crippen LogP contribution in [-0.4, -0.2) is 4.98 Å². The van der Waals surface area contributed by atoms with Crippen molar-refractivity contribution in [3.63, 3.8) is 0 Å². The van der Waals surface area contributed by atoms with Gasteiger partial charge in [-0.3, -0.25) is 4.98 Å². The quantitative estimate of drug-likeness (QED) is 0.710. The molecule has 6 heteroatoms. The zero-order valence-corrected chi connectivity index (χ0v) is 7.95. The third-order valence-electron chi connectivity index (χ3n) is 1.95. The molecule has 0 aliphatic heterocycles. The van der Waals surface area contributed by atoms with Crippen LogP contribution < -0.4 is 5.73 Å². The number of pyridine rings is 1. The minimum atomic E-state index is -1.32. The highest BCUT2D eigenvalue weighted by molar-refractivity contribution is 6.37. The molecule has 0 atom stereocenters. The number of nitrogen functional groups attached to an aromatic ring is 1. The minimum Gasteiger partial charge on any atom is -0.396 e. The highest BCUT2D eigenvalue weighted by Crippen LogP contribution is 2.31. The lowest BCUT2D eigenvalue weighted by molar-refractivity contribution is 0.505. The van der Waals surface area contributed by atoms with Crippen molar-refractivity contribution in [1.29, 1.82) is 0 Å². The first-order valence-electron chi connectivity index (χ1n) is 3.89. The van der Waals surface area contributed by atoms with Crippen molar-refractivity contribution < 1.29 is 13.2 Å². The van der Waals surface area contributed by atoms with Gasteiger partial charge in [-0.1, -0.05) is 11.6 Å². The predicted octanol–water partition coefficient (Wildman–Crippen LogP) is 2.89. The largest absolute Gasteiger partial charge is 0.396 e. The summed E-state index contributed by atoms with van der Waals surface area (Å²) in [7, 11) is 0. The van der Waals surface area contributed by atoms with Crippen LogP contribution in [0.15, 0.2) is 12.3 Å². The van der Waals surface area contributed by atoms with Crippen molar-refractivity contribution in [1.82, 2.24) is 4.98 Å². The van der Waals surface area contributed by atoms with Crippen LogP contribution in [0.2, 0.25) is 5.02 Å². The van der Waals surface area contributed by atoms with Crippen molar-refractivity contribution >= 4 is 28.2 Å². The lowest BCUT2D eigenvalue weighted by Gasteiger charge is -2.05. The Balaban J connectivity index is 3.04. The smallest absolute Gasteiger partial charge is 0.170 e. The van der Waals surface area contributed by atoms with E-state index in [1.54, 1.807) is 0 Å². The fourth-order valence-electron chi connectivity index (χ4n) is 1.25. The third-order valence-corrected chi connectivity index (χ3v) is 2.36. The Labute approximate surface area is 87.5 Å². The van der Waals surface area contributed by atoms with Crippen LogP contribution in [0.1, 0.15) is 0 Å². The van der Waals surface area contributed by atoms with E-state index in [9.17, 15) is 13.2 Å². The molecule has 78 valence electrons. The molecule has 1 aromatic carbocycles. The van der Waals surface area contributed by atoms with Gasteiger partial charge in [-0.05, 0) is 0 Å². The second-order valence-corrected chi connectivity index (χ2v) is 3.28. The maximum Gasteiger partial charge on any atom is 0.170 e. The van der Waals surface area contributed by atoms with Gasteiger partial charge in [0.15, 0.2) is 17.5 Å². The molecule has 1 heterocycles. The number of fused-ring (bicyclic) bond motifs is 1. The van der Waals surface area contributed by atoms with E-state index in [4.69, 9.17) is 17.3 Å². The summed E-state index contributed by atoms with van der Waals surface area (Å²) in [5, 5.41) is -0.676. The van der Waals surface area contributed by atoms with Crippen molar-refractivity contribution in [2.24, 2.45) is 0 Å². The molecule has 0 unspecified atom stereocenters. The molecule has 0 spiro atoms. The van der Waals surface area contributed by atoms with Crippen LogP contribution in [0.25, 0.3) is 10.9 Å². The number of hydrogen-bond donors (Lipinski definition) is 1. The molecule has 2 nitrogen and oxygen atoms in total. The van der Waals surface area contributed by atoms with E-state index in [1.165, 1.54) is 0 Å². The van der Waals surface area contributed by atoms with Crippen LogP contribution >= 0.6 is 11.6 Å². The number of nitrogens with zero attached hydrogens (tertiary/aromatic N) is 1. The Kier molecular flexibility index (Phi) is 2.19. The Hall–Kier alpha value is -1.49. The van der Waals surface area contributed by atoms with Gasteiger partial charge in [-0.15, -0.1) is 0 Å². The van der Waals surface area contributed by atoms with Gasteiger partial charge in [-0.25, -0.2) is 13.2 Å². The minimum absolute atomic E-state index is 0.0342. The van der Waals surface area contributed by atoms with Crippen LogP contribution in [0, 0.1) is 17.5 Å². The molecule has 2 aromatic rings. The predicted molar refractivity (Wildman–Crippen MR) is 51.0 cm³/mol. The second kappa shape index (κ2) is 3.27. The molecule has 0 radical (unpaired) electrons. The number of rotatable bonds is 0. The number of halogens is 4. The summed E-state index contributed by atoms with van der Waals surface area (Å²) in [5.74, 6) is -3.56. The van der Waals surface area contributed by atoms with Crippen LogP contribution in [0.3, 0.4) is 0 Å². The van der Waals surface area contributed by atoms with Gasteiger partial charge in [-0.2, -0.15) is 0 Å². The molecular weight excluding hydrogens is 229 g/mol. The van der Waals surface area contributed by atoms with Gasteiger partial charge in [0.1, 0.15) is 5.52 Å². The van der Waals surface area contributed by atoms with E-state index in [1.807, 2.05) is 0 Å². The summed E-state index contributed by atoms with van der Waals surface area (Å²) in [6, 6.07) is 0.414. The van der Waals surface area contributed by atoms with Gasteiger partial charge in [0, 0.05) is 6.07 Å². The van der Waals surface area contributed by atoms with Crippen LogP contribution in [0.5, 0.6) is 0 Å². The summed E-state index contributed by atoms with van der Waals surface area (Å²) >= 11 is 5.64. The summed E-state index contributed by atoms with van der Waals surface area (Å²) < 4.78 is 39.3. The molecule has 0 saturated heterocycles. The van der Waals surface area contributed by atoms with E-state index in [-0.39, 0.29) is 16.2 Å². The zero-order chi connectivity index (χ0) is 11.2. The zero-order valence-electron chi connectivity index (χ0n) is 7.19. The van der Waals surface area contributed by atoms with Gasteiger partial charge < -0.3 is 5.73 Å². The average Bonchev–Trinajstić information content (AvgIpc) is 2.19. The molecule has 2 N–H and O–H groups in total. The molecule has 2 rings (SSSR count). The SMILES string of the molecule is Nc1cnc2c(F)cc(F)c(F)c2c1Cl. The summed E-state index contributed by atoms with van der Waals surface area (Å²) in [6.07, 6.45) is 1.09. The molecule has 0 fully saturated rings. The first kappa shape index (κ1) is 10.0. The first-order valence-corrected chi connectivity index (χ1v) is 4.27. The second-order valence-electron chi connectivity index (χ2n) is 2.91. The Morgan fingerprint density at radius 1 is 1.20 bits per heavy atom. The van der Waals surface area contributed by atoms with E-state index >= 15 is 0 Å². The molecular formula is C9H4ClF3N2. The fourth-order valence-corrected chi connectivity index (χ4v) is 1.47. The van der Waals surface area contributed by atoms with Crippen LogP contribution in [-0.2, 0) is 0 Å². The molecule has 0 amide bonds. The molecule has 15 heavy (non-hydrogen) atoms. The maximum atomic E-state index is 13.3. The highest BCUT2D eigenvalue weighted by atomic mass is 35.5. The van der Waals surface area contributed by atoms with Crippen molar-refractivity contribution in [3.05, 3.63) is 34.7 Å². The monoisotopic (exact) mass is 232 g/mol. The number of hydrogen-bond acceptors (Lipinski definition) is 2. The number of nitrogens with two attached hydrogens (primary N) is 1. The summed E-state index contributed by atoms with van der Waals surface area (Å²) in [4.78, 5) is 3.55. The van der Waals surface area contributed by atoms with Crippen molar-refractivity contribution in [2.75, 3.05) is 5.73 Å². The lowest BCUT2D eigenvalue weighted by Crippen LogP contribution is -1.97. The van der Waals surface area contributed by atoms with Gasteiger partial charge in [0.25, 0.3) is 0 Å². The fraction of sp³-hybridized carbons (Fsp3) is 0. The van der Waals surface area contributed by atoms with Gasteiger partial charge in [0.05, 0.1) is 22.3 Å². The number of aromatic nitrogens is 1. The summed E-state index contributed by atoms with van der Waals surface area (Å²) in [5.41, 5.74) is 4.98. The molecule has 1 aromatic heterocycles. The molecule has 0 aliphatic rings. The van der Waals surface area contributed by atoms with E-state index in [0.29, 0.717) is 6.07 Å². The topological polar surface area (TPSA) is 38.9 Å². The molecule has 0 bridgehead atoms. The Morgan fingerprint density at radius 3 is 2.53 bits per heavy atom. The normalized spacial score (nSPS) is 10.9. The first-order chi connectivity index (χ1) is 7.02. The molecule has 0 aliphatic carbocycles. The Bertz CT molecular complexity index is 549. The van der Waals surface area contributed by atoms with Crippen LogP contribution in [0.4, 0.5) is 18.9 Å². The van der Waals surface area contributed by atoms with Crippen molar-refractivity contribution in [2.45, 2.75) is 0 Å². The number of benzene rings is 1. The lowest BCUT2D eigenvalue weighted by atomic mass is 10.2.